The number of carbonyl (C=O) groups excluding carboxylic acids is 1. The fourth-order valence-electron chi connectivity index (χ4n) is 3.02. The van der Waals surface area contributed by atoms with Crippen LogP contribution in [0, 0.1) is 5.41 Å². The van der Waals surface area contributed by atoms with E-state index in [1.807, 2.05) is 13.8 Å². The molecular weight excluding hydrogens is 315 g/mol. The molecular formula is C16H31N2O4P. The van der Waals surface area contributed by atoms with E-state index in [0.29, 0.717) is 6.42 Å². The molecule has 134 valence electrons. The number of amides is 1. The van der Waals surface area contributed by atoms with E-state index in [1.165, 1.54) is 13.5 Å². The predicted molar refractivity (Wildman–Crippen MR) is 92.2 cm³/mol. The summed E-state index contributed by atoms with van der Waals surface area (Å²) in [6, 6.07) is -0.388. The first-order valence-electron chi connectivity index (χ1n) is 8.24. The molecule has 0 aliphatic heterocycles. The van der Waals surface area contributed by atoms with Gasteiger partial charge in [0, 0.05) is 13.2 Å². The number of hydrogen-bond donors (Lipinski definition) is 3. The Morgan fingerprint density at radius 1 is 1.43 bits per heavy atom. The van der Waals surface area contributed by atoms with Crippen LogP contribution in [0.5, 0.6) is 0 Å². The van der Waals surface area contributed by atoms with Crippen LogP contribution in [0.25, 0.3) is 0 Å². The summed E-state index contributed by atoms with van der Waals surface area (Å²) in [5.41, 5.74) is -0.422. The molecule has 1 saturated carbocycles. The second-order valence-corrected chi connectivity index (χ2v) is 8.90. The summed E-state index contributed by atoms with van der Waals surface area (Å²) in [5.74, 6) is -0.125. The van der Waals surface area contributed by atoms with Crippen molar-refractivity contribution < 1.29 is 18.8 Å². The monoisotopic (exact) mass is 346 g/mol. The SMILES string of the molecule is C=CCC(C)(C)C(NCP(=O)(O)OC)C(=O)NC1CCCCC1. The van der Waals surface area contributed by atoms with Gasteiger partial charge in [-0.05, 0) is 24.7 Å². The Kier molecular flexibility index (Phi) is 7.95. The van der Waals surface area contributed by atoms with E-state index >= 15 is 0 Å². The van der Waals surface area contributed by atoms with E-state index in [0.717, 1.165) is 25.7 Å². The lowest BCUT2D eigenvalue weighted by atomic mass is 9.80. The molecule has 0 aromatic rings. The van der Waals surface area contributed by atoms with E-state index in [4.69, 9.17) is 0 Å². The minimum absolute atomic E-state index is 0.125. The minimum atomic E-state index is -3.72. The molecule has 1 rings (SSSR count). The van der Waals surface area contributed by atoms with Crippen LogP contribution in [-0.2, 0) is 13.9 Å². The third-order valence-corrected chi connectivity index (χ3v) is 5.60. The Labute approximate surface area is 139 Å². The largest absolute Gasteiger partial charge is 0.352 e. The molecule has 1 aliphatic carbocycles. The third-order valence-electron chi connectivity index (χ3n) is 4.45. The molecule has 7 heteroatoms. The maximum absolute atomic E-state index is 12.7. The molecule has 1 amide bonds. The number of carbonyl (C=O) groups is 1. The molecule has 1 fully saturated rings. The van der Waals surface area contributed by atoms with Gasteiger partial charge in [0.2, 0.25) is 5.91 Å². The number of allylic oxidation sites excluding steroid dienone is 1. The van der Waals surface area contributed by atoms with Gasteiger partial charge in [0.05, 0.1) is 12.3 Å². The molecule has 6 nitrogen and oxygen atoms in total. The standard InChI is InChI=1S/C16H31N2O4P/c1-5-11-16(2,3)14(17-12-23(20,21)22-4)15(19)18-13-9-7-6-8-10-13/h5,13-14,17H,1,6-12H2,2-4H3,(H,18,19)(H,20,21). The van der Waals surface area contributed by atoms with Gasteiger partial charge in [0.15, 0.2) is 0 Å². The van der Waals surface area contributed by atoms with Gasteiger partial charge in [-0.25, -0.2) is 0 Å². The highest BCUT2D eigenvalue weighted by Gasteiger charge is 2.36. The van der Waals surface area contributed by atoms with Crippen molar-refractivity contribution in [1.82, 2.24) is 10.6 Å². The average Bonchev–Trinajstić information content (AvgIpc) is 2.48. The van der Waals surface area contributed by atoms with Crippen LogP contribution in [0.3, 0.4) is 0 Å². The van der Waals surface area contributed by atoms with Crippen molar-refractivity contribution in [2.75, 3.05) is 13.4 Å². The third kappa shape index (κ3) is 6.76. The van der Waals surface area contributed by atoms with Gasteiger partial charge in [-0.15, -0.1) is 6.58 Å². The van der Waals surface area contributed by atoms with Crippen molar-refractivity contribution in [1.29, 1.82) is 0 Å². The van der Waals surface area contributed by atoms with Crippen molar-refractivity contribution in [2.24, 2.45) is 5.41 Å². The van der Waals surface area contributed by atoms with Crippen LogP contribution < -0.4 is 10.6 Å². The second kappa shape index (κ2) is 8.97. The average molecular weight is 346 g/mol. The highest BCUT2D eigenvalue weighted by Crippen LogP contribution is 2.40. The Hall–Kier alpha value is -0.680. The van der Waals surface area contributed by atoms with Crippen LogP contribution >= 0.6 is 7.60 Å². The second-order valence-electron chi connectivity index (χ2n) is 6.94. The zero-order valence-electron chi connectivity index (χ0n) is 14.5. The van der Waals surface area contributed by atoms with E-state index in [1.54, 1.807) is 6.08 Å². The molecule has 2 unspecified atom stereocenters. The number of rotatable bonds is 9. The Bertz CT molecular complexity index is 447. The van der Waals surface area contributed by atoms with Crippen LogP contribution in [0.4, 0.5) is 0 Å². The van der Waals surface area contributed by atoms with Crippen molar-refractivity contribution in [2.45, 2.75) is 64.5 Å². The van der Waals surface area contributed by atoms with Gasteiger partial charge in [0.1, 0.15) is 0 Å². The molecule has 0 saturated heterocycles. The summed E-state index contributed by atoms with van der Waals surface area (Å²) in [4.78, 5) is 22.3. The maximum atomic E-state index is 12.7. The first-order valence-corrected chi connectivity index (χ1v) is 10.0. The van der Waals surface area contributed by atoms with Crippen LogP contribution in [0.2, 0.25) is 0 Å². The first kappa shape index (κ1) is 20.4. The summed E-state index contributed by atoms with van der Waals surface area (Å²) in [6.45, 7) is 7.63. The Morgan fingerprint density at radius 3 is 2.57 bits per heavy atom. The Balaban J connectivity index is 2.78. The quantitative estimate of drug-likeness (QED) is 0.441. The van der Waals surface area contributed by atoms with Gasteiger partial charge in [-0.1, -0.05) is 39.2 Å². The van der Waals surface area contributed by atoms with Crippen molar-refractivity contribution in [3.05, 3.63) is 12.7 Å². The molecule has 0 aromatic heterocycles. The lowest BCUT2D eigenvalue weighted by Gasteiger charge is -2.35. The van der Waals surface area contributed by atoms with Crippen LogP contribution in [0.15, 0.2) is 12.7 Å². The van der Waals surface area contributed by atoms with Crippen molar-refractivity contribution in [3.63, 3.8) is 0 Å². The van der Waals surface area contributed by atoms with Gasteiger partial charge in [-0.3, -0.25) is 14.7 Å². The van der Waals surface area contributed by atoms with E-state index in [2.05, 4.69) is 21.7 Å². The fourth-order valence-corrected chi connectivity index (χ4v) is 3.56. The molecule has 0 aromatic carbocycles. The molecule has 23 heavy (non-hydrogen) atoms. The Morgan fingerprint density at radius 2 is 2.04 bits per heavy atom. The number of hydrogen-bond acceptors (Lipinski definition) is 4. The molecule has 0 bridgehead atoms. The molecule has 1 aliphatic rings. The van der Waals surface area contributed by atoms with E-state index in [9.17, 15) is 14.3 Å². The zero-order valence-corrected chi connectivity index (χ0v) is 15.4. The van der Waals surface area contributed by atoms with Gasteiger partial charge >= 0.3 is 7.60 Å². The maximum Gasteiger partial charge on any atom is 0.341 e. The molecule has 0 spiro atoms. The summed E-state index contributed by atoms with van der Waals surface area (Å²) in [6.07, 6.45) is 7.60. The van der Waals surface area contributed by atoms with E-state index < -0.39 is 19.1 Å². The first-order chi connectivity index (χ1) is 10.7. The van der Waals surface area contributed by atoms with Gasteiger partial charge < -0.3 is 14.7 Å². The lowest BCUT2D eigenvalue weighted by Crippen LogP contribution is -2.55. The van der Waals surface area contributed by atoms with Crippen molar-refractivity contribution in [3.8, 4) is 0 Å². The van der Waals surface area contributed by atoms with Crippen LogP contribution in [-0.4, -0.2) is 36.3 Å². The predicted octanol–water partition coefficient (Wildman–Crippen LogP) is 2.79. The molecule has 0 heterocycles. The topological polar surface area (TPSA) is 87.7 Å². The smallest absolute Gasteiger partial charge is 0.341 e. The summed E-state index contributed by atoms with van der Waals surface area (Å²) >= 11 is 0. The minimum Gasteiger partial charge on any atom is -0.352 e. The highest BCUT2D eigenvalue weighted by atomic mass is 31.2. The summed E-state index contributed by atoms with van der Waals surface area (Å²) < 4.78 is 16.3. The number of nitrogens with one attached hydrogen (secondary N) is 2. The highest BCUT2D eigenvalue weighted by molar-refractivity contribution is 7.52. The zero-order chi connectivity index (χ0) is 17.5. The molecule has 3 N–H and O–H groups in total. The van der Waals surface area contributed by atoms with Gasteiger partial charge in [-0.2, -0.15) is 0 Å². The molecule has 2 atom stereocenters. The molecule has 0 radical (unpaired) electrons. The van der Waals surface area contributed by atoms with Crippen LogP contribution in [0.1, 0.15) is 52.4 Å². The van der Waals surface area contributed by atoms with Crippen molar-refractivity contribution >= 4 is 13.5 Å². The summed E-state index contributed by atoms with van der Waals surface area (Å²) in [7, 11) is -2.53. The normalized spacial score (nSPS) is 20.5. The summed E-state index contributed by atoms with van der Waals surface area (Å²) in [5, 5.41) is 6.02. The lowest BCUT2D eigenvalue weighted by molar-refractivity contribution is -0.126. The van der Waals surface area contributed by atoms with Gasteiger partial charge in [0.25, 0.3) is 0 Å². The van der Waals surface area contributed by atoms with E-state index in [-0.39, 0.29) is 18.2 Å². The fraction of sp³-hybridized carbons (Fsp3) is 0.812.